The normalized spacial score (nSPS) is 23.7. The summed E-state index contributed by atoms with van der Waals surface area (Å²) >= 11 is 0. The average molecular weight is 286 g/mol. The van der Waals surface area contributed by atoms with E-state index in [9.17, 15) is 9.59 Å². The van der Waals surface area contributed by atoms with Crippen LogP contribution >= 0.6 is 0 Å². The summed E-state index contributed by atoms with van der Waals surface area (Å²) in [6.07, 6.45) is 2.46. The van der Waals surface area contributed by atoms with Crippen LogP contribution < -0.4 is 5.32 Å². The van der Waals surface area contributed by atoms with Crippen LogP contribution in [-0.4, -0.2) is 42.5 Å². The first-order chi connectivity index (χ1) is 10.2. The van der Waals surface area contributed by atoms with E-state index in [2.05, 4.69) is 11.9 Å². The van der Waals surface area contributed by atoms with Gasteiger partial charge in [-0.3, -0.25) is 9.59 Å². The summed E-state index contributed by atoms with van der Waals surface area (Å²) in [5.74, 6) is 0.244. The predicted molar refractivity (Wildman–Crippen MR) is 79.0 cm³/mol. The van der Waals surface area contributed by atoms with Crippen LogP contribution in [0.4, 0.5) is 5.69 Å². The summed E-state index contributed by atoms with van der Waals surface area (Å²) in [6.45, 7) is 5.67. The molecule has 2 aliphatic heterocycles. The van der Waals surface area contributed by atoms with E-state index in [1.54, 1.807) is 24.3 Å². The van der Waals surface area contributed by atoms with Gasteiger partial charge in [0.15, 0.2) is 0 Å². The molecule has 0 spiro atoms. The molecular formula is C16H18N2O3. The molecule has 0 aromatic heterocycles. The average Bonchev–Trinajstić information content (AvgIpc) is 3.08. The fourth-order valence-corrected chi connectivity index (χ4v) is 2.92. The molecule has 0 aliphatic carbocycles. The van der Waals surface area contributed by atoms with Crippen molar-refractivity contribution in [2.75, 3.05) is 25.0 Å². The van der Waals surface area contributed by atoms with E-state index in [1.807, 2.05) is 4.90 Å². The number of hydrogen-bond donors (Lipinski definition) is 1. The first-order valence-electron chi connectivity index (χ1n) is 7.12. The number of likely N-dealkylation sites (tertiary alicyclic amines) is 1. The summed E-state index contributed by atoms with van der Waals surface area (Å²) in [6, 6.07) is 6.91. The van der Waals surface area contributed by atoms with E-state index in [-0.39, 0.29) is 17.9 Å². The highest BCUT2D eigenvalue weighted by atomic mass is 16.5. The van der Waals surface area contributed by atoms with Crippen molar-refractivity contribution in [3.63, 3.8) is 0 Å². The Bertz CT molecular complexity index is 555. The standard InChI is InChI=1S/C16H18N2O3/c1-2-15(19)17-13-5-3-11(4-6-13)16(20)18-9-12-7-8-21-14(12)10-18/h2-6,12,14H,1,7-10H2,(H,17,19)/t12-,14+/m0/s1. The Morgan fingerprint density at radius 2 is 2.05 bits per heavy atom. The first-order valence-corrected chi connectivity index (χ1v) is 7.12. The smallest absolute Gasteiger partial charge is 0.253 e. The highest BCUT2D eigenvalue weighted by Gasteiger charge is 2.39. The minimum absolute atomic E-state index is 0.0228. The first kappa shape index (κ1) is 13.8. The maximum atomic E-state index is 12.4. The number of carbonyl (C=O) groups excluding carboxylic acids is 2. The molecule has 0 bridgehead atoms. The highest BCUT2D eigenvalue weighted by molar-refractivity contribution is 5.99. The Kier molecular flexibility index (Phi) is 3.75. The summed E-state index contributed by atoms with van der Waals surface area (Å²) in [5.41, 5.74) is 1.28. The molecule has 2 aliphatic rings. The fourth-order valence-electron chi connectivity index (χ4n) is 2.92. The lowest BCUT2D eigenvalue weighted by atomic mass is 10.1. The number of carbonyl (C=O) groups is 2. The lowest BCUT2D eigenvalue weighted by molar-refractivity contribution is -0.111. The second kappa shape index (κ2) is 5.69. The van der Waals surface area contributed by atoms with Crippen LogP contribution in [-0.2, 0) is 9.53 Å². The number of nitrogens with one attached hydrogen (secondary N) is 1. The van der Waals surface area contributed by atoms with Crippen molar-refractivity contribution in [1.82, 2.24) is 4.90 Å². The van der Waals surface area contributed by atoms with Crippen molar-refractivity contribution < 1.29 is 14.3 Å². The molecule has 3 rings (SSSR count). The van der Waals surface area contributed by atoms with Gasteiger partial charge in [0.05, 0.1) is 6.10 Å². The van der Waals surface area contributed by atoms with E-state index in [4.69, 9.17) is 4.74 Å². The second-order valence-corrected chi connectivity index (χ2v) is 5.44. The molecule has 2 fully saturated rings. The third kappa shape index (κ3) is 2.83. The van der Waals surface area contributed by atoms with Gasteiger partial charge in [0.25, 0.3) is 5.91 Å². The van der Waals surface area contributed by atoms with Crippen molar-refractivity contribution in [2.24, 2.45) is 5.92 Å². The van der Waals surface area contributed by atoms with Gasteiger partial charge in [0.1, 0.15) is 0 Å². The van der Waals surface area contributed by atoms with Crippen LogP contribution in [0.3, 0.4) is 0 Å². The summed E-state index contributed by atoms with van der Waals surface area (Å²) in [4.78, 5) is 25.5. The predicted octanol–water partition coefficient (Wildman–Crippen LogP) is 1.67. The van der Waals surface area contributed by atoms with Gasteiger partial charge in [-0.05, 0) is 36.8 Å². The molecule has 1 aromatic rings. The highest BCUT2D eigenvalue weighted by Crippen LogP contribution is 2.29. The number of rotatable bonds is 3. The van der Waals surface area contributed by atoms with E-state index in [0.29, 0.717) is 23.7 Å². The summed E-state index contributed by atoms with van der Waals surface area (Å²) in [7, 11) is 0. The maximum absolute atomic E-state index is 12.4. The third-order valence-corrected chi connectivity index (χ3v) is 4.07. The quantitative estimate of drug-likeness (QED) is 0.860. The SMILES string of the molecule is C=CC(=O)Nc1ccc(C(=O)N2C[C@@H]3CCO[C@@H]3C2)cc1. The Balaban J connectivity index is 1.65. The molecule has 2 atom stereocenters. The van der Waals surface area contributed by atoms with Crippen molar-refractivity contribution in [2.45, 2.75) is 12.5 Å². The molecule has 5 nitrogen and oxygen atoms in total. The van der Waals surface area contributed by atoms with Gasteiger partial charge in [0, 0.05) is 36.9 Å². The minimum atomic E-state index is -0.265. The number of benzene rings is 1. The number of nitrogens with zero attached hydrogens (tertiary/aromatic N) is 1. The number of anilines is 1. The zero-order valence-corrected chi connectivity index (χ0v) is 11.7. The molecule has 5 heteroatoms. The van der Waals surface area contributed by atoms with E-state index >= 15 is 0 Å². The molecule has 21 heavy (non-hydrogen) atoms. The van der Waals surface area contributed by atoms with Crippen LogP contribution in [0.5, 0.6) is 0 Å². The fraction of sp³-hybridized carbons (Fsp3) is 0.375. The zero-order valence-electron chi connectivity index (χ0n) is 11.7. The molecule has 2 amide bonds. The number of hydrogen-bond acceptors (Lipinski definition) is 3. The Morgan fingerprint density at radius 3 is 2.71 bits per heavy atom. The van der Waals surface area contributed by atoms with Crippen LogP contribution in [0.25, 0.3) is 0 Å². The molecule has 0 saturated carbocycles. The molecule has 0 unspecified atom stereocenters. The molecule has 1 N–H and O–H groups in total. The Labute approximate surface area is 123 Å². The molecule has 110 valence electrons. The molecule has 2 heterocycles. The van der Waals surface area contributed by atoms with Crippen molar-refractivity contribution in [3.05, 3.63) is 42.5 Å². The van der Waals surface area contributed by atoms with Gasteiger partial charge in [-0.1, -0.05) is 6.58 Å². The number of amides is 2. The van der Waals surface area contributed by atoms with Gasteiger partial charge < -0.3 is 15.0 Å². The van der Waals surface area contributed by atoms with Crippen LogP contribution in [0.1, 0.15) is 16.8 Å². The van der Waals surface area contributed by atoms with Crippen molar-refractivity contribution in [3.8, 4) is 0 Å². The van der Waals surface area contributed by atoms with Gasteiger partial charge >= 0.3 is 0 Å². The van der Waals surface area contributed by atoms with E-state index in [1.165, 1.54) is 6.08 Å². The Hall–Kier alpha value is -2.14. The van der Waals surface area contributed by atoms with Crippen LogP contribution in [0, 0.1) is 5.92 Å². The number of ether oxygens (including phenoxy) is 1. The molecule has 2 saturated heterocycles. The largest absolute Gasteiger partial charge is 0.376 e. The van der Waals surface area contributed by atoms with Gasteiger partial charge in [-0.15, -0.1) is 0 Å². The Morgan fingerprint density at radius 1 is 1.29 bits per heavy atom. The molecule has 0 radical (unpaired) electrons. The van der Waals surface area contributed by atoms with E-state index < -0.39 is 0 Å². The molecule has 1 aromatic carbocycles. The lowest BCUT2D eigenvalue weighted by Gasteiger charge is -2.17. The second-order valence-electron chi connectivity index (χ2n) is 5.44. The van der Waals surface area contributed by atoms with Crippen LogP contribution in [0.2, 0.25) is 0 Å². The molecular weight excluding hydrogens is 268 g/mol. The zero-order chi connectivity index (χ0) is 14.8. The van der Waals surface area contributed by atoms with Gasteiger partial charge in [-0.25, -0.2) is 0 Å². The van der Waals surface area contributed by atoms with E-state index in [0.717, 1.165) is 19.6 Å². The van der Waals surface area contributed by atoms with Gasteiger partial charge in [0.2, 0.25) is 5.91 Å². The van der Waals surface area contributed by atoms with Gasteiger partial charge in [-0.2, -0.15) is 0 Å². The third-order valence-electron chi connectivity index (χ3n) is 4.07. The lowest BCUT2D eigenvalue weighted by Crippen LogP contribution is -2.30. The maximum Gasteiger partial charge on any atom is 0.253 e. The summed E-state index contributed by atoms with van der Waals surface area (Å²) in [5, 5.41) is 2.66. The topological polar surface area (TPSA) is 58.6 Å². The monoisotopic (exact) mass is 286 g/mol. The van der Waals surface area contributed by atoms with Crippen LogP contribution in [0.15, 0.2) is 36.9 Å². The van der Waals surface area contributed by atoms with Crippen molar-refractivity contribution in [1.29, 1.82) is 0 Å². The number of fused-ring (bicyclic) bond motifs is 1. The minimum Gasteiger partial charge on any atom is -0.376 e. The summed E-state index contributed by atoms with van der Waals surface area (Å²) < 4.78 is 5.62. The van der Waals surface area contributed by atoms with Crippen molar-refractivity contribution >= 4 is 17.5 Å².